The number of hydrogen-bond donors (Lipinski definition) is 3. The van der Waals surface area contributed by atoms with Gasteiger partial charge in [0, 0.05) is 12.5 Å². The van der Waals surface area contributed by atoms with E-state index in [1.807, 2.05) is 0 Å². The minimum atomic E-state index is -0.777. The Morgan fingerprint density at radius 1 is 1.13 bits per heavy atom. The summed E-state index contributed by atoms with van der Waals surface area (Å²) >= 11 is 0. The number of nitro benzene ring substituents is 1. The van der Waals surface area contributed by atoms with E-state index in [2.05, 4.69) is 12.2 Å². The molecule has 0 aliphatic carbocycles. The van der Waals surface area contributed by atoms with Gasteiger partial charge in [-0.2, -0.15) is 0 Å². The van der Waals surface area contributed by atoms with Crippen LogP contribution in [-0.4, -0.2) is 21.0 Å². The fourth-order valence-electron chi connectivity index (χ4n) is 2.28. The van der Waals surface area contributed by atoms with Crippen LogP contribution in [0, 0.1) is 10.1 Å². The number of nitro groups is 1. The molecule has 0 spiro atoms. The number of phenolic OH excluding ortho intramolecular Hbond substituents is 2. The number of carbonyl (C=O) groups excluding carboxylic acids is 1. The van der Waals surface area contributed by atoms with E-state index in [1.54, 1.807) is 0 Å². The molecule has 7 heteroatoms. The third-order valence-electron chi connectivity index (χ3n) is 3.60. The van der Waals surface area contributed by atoms with Crippen LogP contribution in [0.3, 0.4) is 0 Å². The molecule has 0 aliphatic rings. The lowest BCUT2D eigenvalue weighted by molar-refractivity contribution is -0.385. The second-order valence-corrected chi connectivity index (χ2v) is 5.50. The van der Waals surface area contributed by atoms with E-state index in [4.69, 9.17) is 0 Å². The zero-order valence-corrected chi connectivity index (χ0v) is 13.4. The highest BCUT2D eigenvalue weighted by atomic mass is 16.6. The van der Waals surface area contributed by atoms with Crippen molar-refractivity contribution in [2.45, 2.75) is 58.3 Å². The fraction of sp³-hybridized carbons (Fsp3) is 0.562. The summed E-state index contributed by atoms with van der Waals surface area (Å²) in [6.45, 7) is 2.16. The first-order valence-electron chi connectivity index (χ1n) is 7.96. The number of carbonyl (C=O) groups is 1. The number of aromatic hydroxyl groups is 2. The molecule has 0 fully saturated rings. The van der Waals surface area contributed by atoms with Gasteiger partial charge >= 0.3 is 5.69 Å². The van der Waals surface area contributed by atoms with Gasteiger partial charge < -0.3 is 15.5 Å². The van der Waals surface area contributed by atoms with Gasteiger partial charge in [-0.3, -0.25) is 14.9 Å². The minimum Gasteiger partial charge on any atom is -0.506 e. The van der Waals surface area contributed by atoms with Crippen LogP contribution in [-0.2, 0) is 4.79 Å². The van der Waals surface area contributed by atoms with Crippen molar-refractivity contribution in [1.29, 1.82) is 0 Å². The Labute approximate surface area is 135 Å². The number of amides is 1. The number of nitrogens with one attached hydrogen (secondary N) is 1. The second kappa shape index (κ2) is 9.66. The van der Waals surface area contributed by atoms with Crippen molar-refractivity contribution in [3.8, 4) is 11.5 Å². The summed E-state index contributed by atoms with van der Waals surface area (Å²) in [5, 5.41) is 32.5. The third kappa shape index (κ3) is 6.14. The van der Waals surface area contributed by atoms with Crippen molar-refractivity contribution in [2.75, 3.05) is 5.32 Å². The summed E-state index contributed by atoms with van der Waals surface area (Å²) in [4.78, 5) is 21.8. The van der Waals surface area contributed by atoms with Gasteiger partial charge in [0.1, 0.15) is 11.4 Å². The third-order valence-corrected chi connectivity index (χ3v) is 3.60. The van der Waals surface area contributed by atoms with E-state index in [-0.39, 0.29) is 18.0 Å². The van der Waals surface area contributed by atoms with Crippen LogP contribution in [0.15, 0.2) is 12.1 Å². The highest BCUT2D eigenvalue weighted by molar-refractivity contribution is 5.95. The SMILES string of the molecule is CCCCCCCCCC(=O)Nc1c(O)ccc([N+](=O)[O-])c1O. The van der Waals surface area contributed by atoms with E-state index in [0.717, 1.165) is 31.4 Å². The number of rotatable bonds is 10. The summed E-state index contributed by atoms with van der Waals surface area (Å²) in [7, 11) is 0. The van der Waals surface area contributed by atoms with Gasteiger partial charge in [-0.25, -0.2) is 0 Å². The van der Waals surface area contributed by atoms with Crippen LogP contribution in [0.25, 0.3) is 0 Å². The first-order chi connectivity index (χ1) is 11.0. The van der Waals surface area contributed by atoms with Crippen molar-refractivity contribution in [2.24, 2.45) is 0 Å². The highest BCUT2D eigenvalue weighted by Gasteiger charge is 2.21. The Balaban J connectivity index is 2.45. The van der Waals surface area contributed by atoms with E-state index < -0.39 is 22.1 Å². The Kier molecular flexibility index (Phi) is 7.87. The molecule has 1 aromatic carbocycles. The maximum Gasteiger partial charge on any atom is 0.313 e. The fourth-order valence-corrected chi connectivity index (χ4v) is 2.28. The van der Waals surface area contributed by atoms with Gasteiger partial charge in [0.25, 0.3) is 0 Å². The lowest BCUT2D eigenvalue weighted by Crippen LogP contribution is -2.11. The second-order valence-electron chi connectivity index (χ2n) is 5.50. The molecule has 0 radical (unpaired) electrons. The molecule has 1 rings (SSSR count). The molecule has 7 nitrogen and oxygen atoms in total. The molecule has 23 heavy (non-hydrogen) atoms. The largest absolute Gasteiger partial charge is 0.506 e. The molecule has 0 heterocycles. The topological polar surface area (TPSA) is 113 Å². The zero-order valence-electron chi connectivity index (χ0n) is 13.4. The minimum absolute atomic E-state index is 0.245. The quantitative estimate of drug-likeness (QED) is 0.260. The van der Waals surface area contributed by atoms with Gasteiger partial charge in [0.05, 0.1) is 4.92 Å². The van der Waals surface area contributed by atoms with Crippen molar-refractivity contribution in [3.05, 3.63) is 22.2 Å². The van der Waals surface area contributed by atoms with Gasteiger partial charge in [-0.1, -0.05) is 45.4 Å². The molecule has 0 aromatic heterocycles. The maximum atomic E-state index is 11.8. The zero-order chi connectivity index (χ0) is 17.2. The molecule has 0 bridgehead atoms. The summed E-state index contributed by atoms with van der Waals surface area (Å²) in [5.41, 5.74) is -0.874. The van der Waals surface area contributed by atoms with Crippen molar-refractivity contribution in [3.63, 3.8) is 0 Å². The number of benzene rings is 1. The summed E-state index contributed by atoms with van der Waals surface area (Å²) < 4.78 is 0. The smallest absolute Gasteiger partial charge is 0.313 e. The number of hydrogen-bond acceptors (Lipinski definition) is 5. The number of nitrogens with zero attached hydrogens (tertiary/aromatic N) is 1. The maximum absolute atomic E-state index is 11.8. The highest BCUT2D eigenvalue weighted by Crippen LogP contribution is 2.40. The Morgan fingerprint density at radius 3 is 2.35 bits per heavy atom. The molecular formula is C16H24N2O5. The molecule has 1 aromatic rings. The van der Waals surface area contributed by atoms with Gasteiger partial charge in [-0.05, 0) is 12.5 Å². The van der Waals surface area contributed by atoms with Crippen LogP contribution in [0.1, 0.15) is 58.3 Å². The van der Waals surface area contributed by atoms with Crippen molar-refractivity contribution >= 4 is 17.3 Å². The van der Waals surface area contributed by atoms with E-state index in [9.17, 15) is 25.1 Å². The van der Waals surface area contributed by atoms with E-state index >= 15 is 0 Å². The Hall–Kier alpha value is -2.31. The van der Waals surface area contributed by atoms with Crippen molar-refractivity contribution < 1.29 is 19.9 Å². The molecule has 0 atom stereocenters. The van der Waals surface area contributed by atoms with E-state index in [0.29, 0.717) is 6.42 Å². The van der Waals surface area contributed by atoms with Crippen LogP contribution >= 0.6 is 0 Å². The first-order valence-corrected chi connectivity index (χ1v) is 7.96. The molecule has 3 N–H and O–H groups in total. The molecule has 0 saturated carbocycles. The predicted molar refractivity (Wildman–Crippen MR) is 87.7 cm³/mol. The molecular weight excluding hydrogens is 300 g/mol. The molecule has 0 aliphatic heterocycles. The summed E-state index contributed by atoms with van der Waals surface area (Å²) in [6.07, 6.45) is 7.73. The van der Waals surface area contributed by atoms with Crippen LogP contribution < -0.4 is 5.32 Å². The van der Waals surface area contributed by atoms with Crippen LogP contribution in [0.5, 0.6) is 11.5 Å². The summed E-state index contributed by atoms with van der Waals surface area (Å²) in [5.74, 6) is -1.52. The number of unbranched alkanes of at least 4 members (excludes halogenated alkanes) is 6. The van der Waals surface area contributed by atoms with Gasteiger partial charge in [-0.15, -0.1) is 0 Å². The number of phenols is 2. The molecule has 128 valence electrons. The van der Waals surface area contributed by atoms with Crippen LogP contribution in [0.2, 0.25) is 0 Å². The predicted octanol–water partition coefficient (Wildman–Crippen LogP) is 4.09. The number of anilines is 1. The monoisotopic (exact) mass is 324 g/mol. The van der Waals surface area contributed by atoms with Gasteiger partial charge in [0.2, 0.25) is 11.7 Å². The van der Waals surface area contributed by atoms with Crippen molar-refractivity contribution in [1.82, 2.24) is 0 Å². The Bertz CT molecular complexity index is 546. The normalized spacial score (nSPS) is 10.5. The van der Waals surface area contributed by atoms with Crippen LogP contribution in [0.4, 0.5) is 11.4 Å². The van der Waals surface area contributed by atoms with E-state index in [1.165, 1.54) is 19.3 Å². The average molecular weight is 324 g/mol. The molecule has 0 saturated heterocycles. The molecule has 0 unspecified atom stereocenters. The first kappa shape index (κ1) is 18.7. The lowest BCUT2D eigenvalue weighted by Gasteiger charge is -2.09. The average Bonchev–Trinajstić information content (AvgIpc) is 2.50. The molecule has 1 amide bonds. The summed E-state index contributed by atoms with van der Waals surface area (Å²) in [6, 6.07) is 2.05. The lowest BCUT2D eigenvalue weighted by atomic mass is 10.1. The standard InChI is InChI=1S/C16H24N2O5/c1-2-3-4-5-6-7-8-9-14(20)17-15-13(19)11-10-12(16(15)21)18(22)23/h10-11,19,21H,2-9H2,1H3,(H,17,20). The van der Waals surface area contributed by atoms with Gasteiger partial charge in [0.15, 0.2) is 0 Å². The Morgan fingerprint density at radius 2 is 1.74 bits per heavy atom.